The quantitative estimate of drug-likeness (QED) is 0.204. The summed E-state index contributed by atoms with van der Waals surface area (Å²) in [4.78, 5) is 38.1. The van der Waals surface area contributed by atoms with Crippen LogP contribution in [0, 0.1) is 6.92 Å². The Balaban J connectivity index is 1.50. The Morgan fingerprint density at radius 2 is 1.86 bits per heavy atom. The molecule has 9 nitrogen and oxygen atoms in total. The average molecular weight is 615 g/mol. The average Bonchev–Trinajstić information content (AvgIpc) is 3.39. The lowest BCUT2D eigenvalue weighted by molar-refractivity contribution is -0.160. The van der Waals surface area contributed by atoms with Crippen molar-refractivity contribution in [1.82, 2.24) is 15.0 Å². The fraction of sp³-hybridized carbons (Fsp3) is 0.219. The molecule has 1 aliphatic rings. The molecule has 4 heterocycles. The summed E-state index contributed by atoms with van der Waals surface area (Å²) in [6.45, 7) is 7.33. The van der Waals surface area contributed by atoms with Crippen molar-refractivity contribution in [3.63, 3.8) is 0 Å². The van der Waals surface area contributed by atoms with Gasteiger partial charge < -0.3 is 19.9 Å². The van der Waals surface area contributed by atoms with Crippen LogP contribution in [0.2, 0.25) is 5.02 Å². The number of carbonyl (C=O) groups excluding carboxylic acids is 1. The topological polar surface area (TPSA) is 124 Å². The molecule has 0 spiro atoms. The van der Waals surface area contributed by atoms with Crippen LogP contribution >= 0.6 is 22.9 Å². The number of aromatic nitrogens is 3. The SMILES string of the molecule is Cc1cc2nc(-c3ccnc(-c4cnc5c(c4)OCC(=O)N5)c3)sc2c(-c2ccc(Cl)cc2)c1[C@H](OC(C)(C)C)C(=O)O. The molecule has 6 rings (SSSR count). The minimum absolute atomic E-state index is 0.0712. The molecule has 11 heteroatoms. The lowest BCUT2D eigenvalue weighted by Gasteiger charge is -2.28. The highest BCUT2D eigenvalue weighted by molar-refractivity contribution is 7.22. The number of fused-ring (bicyclic) bond motifs is 2. The van der Waals surface area contributed by atoms with E-state index in [-0.39, 0.29) is 12.5 Å². The number of anilines is 1. The standard InChI is InChI=1S/C32H27ClN4O5S/c1-16-11-22-28(26(17-5-7-20(33)8-6-17)25(16)27(31(39)40)42-32(2,3)4)43-30(36-22)18-9-10-34-21(12-18)19-13-23-29(35-14-19)37-24(38)15-41-23/h5-14,27H,15H2,1-4H3,(H,39,40)(H,35,37,38)/t27-/m0/s1. The predicted octanol–water partition coefficient (Wildman–Crippen LogP) is 7.32. The summed E-state index contributed by atoms with van der Waals surface area (Å²) >= 11 is 7.68. The van der Waals surface area contributed by atoms with Gasteiger partial charge in [0.05, 0.1) is 21.5 Å². The number of carboxylic acids is 1. The number of halogens is 1. The van der Waals surface area contributed by atoms with Gasteiger partial charge in [0, 0.05) is 39.7 Å². The van der Waals surface area contributed by atoms with Crippen molar-refractivity contribution in [2.45, 2.75) is 39.4 Å². The molecule has 0 radical (unpaired) electrons. The lowest BCUT2D eigenvalue weighted by Crippen LogP contribution is -2.28. The highest BCUT2D eigenvalue weighted by atomic mass is 35.5. The first-order valence-corrected chi connectivity index (χ1v) is 14.7. The normalized spacial score (nSPS) is 13.7. The minimum atomic E-state index is -1.20. The maximum Gasteiger partial charge on any atom is 0.337 e. The van der Waals surface area contributed by atoms with Crippen LogP contribution in [0.3, 0.4) is 0 Å². The molecule has 1 amide bonds. The molecular formula is C32H27ClN4O5S. The number of nitrogens with one attached hydrogen (secondary N) is 1. The van der Waals surface area contributed by atoms with Crippen molar-refractivity contribution in [2.75, 3.05) is 11.9 Å². The smallest absolute Gasteiger partial charge is 0.337 e. The van der Waals surface area contributed by atoms with E-state index in [1.54, 1.807) is 30.6 Å². The van der Waals surface area contributed by atoms with Crippen LogP contribution in [-0.2, 0) is 14.3 Å². The number of carboxylic acid groups (broad SMARTS) is 1. The van der Waals surface area contributed by atoms with Gasteiger partial charge in [0.25, 0.3) is 5.91 Å². The van der Waals surface area contributed by atoms with E-state index in [0.29, 0.717) is 27.8 Å². The molecule has 0 aliphatic carbocycles. The number of pyridine rings is 2. The summed E-state index contributed by atoms with van der Waals surface area (Å²) in [5.74, 6) is -0.471. The van der Waals surface area contributed by atoms with Crippen LogP contribution in [0.1, 0.15) is 38.0 Å². The van der Waals surface area contributed by atoms with Gasteiger partial charge in [-0.05, 0) is 75.2 Å². The number of amides is 1. The number of hydrogen-bond acceptors (Lipinski definition) is 8. The molecule has 0 unspecified atom stereocenters. The number of thiazole rings is 1. The summed E-state index contributed by atoms with van der Waals surface area (Å²) in [5, 5.41) is 14.3. The van der Waals surface area contributed by atoms with Gasteiger partial charge >= 0.3 is 5.97 Å². The van der Waals surface area contributed by atoms with Gasteiger partial charge in [-0.15, -0.1) is 11.3 Å². The highest BCUT2D eigenvalue weighted by Crippen LogP contribution is 2.44. The van der Waals surface area contributed by atoms with Gasteiger partial charge in [-0.25, -0.2) is 14.8 Å². The first kappa shape index (κ1) is 28.7. The number of carbonyl (C=O) groups is 2. The number of hydrogen-bond donors (Lipinski definition) is 2. The fourth-order valence-electron chi connectivity index (χ4n) is 4.98. The third-order valence-corrected chi connectivity index (χ3v) is 8.18. The van der Waals surface area contributed by atoms with E-state index in [2.05, 4.69) is 15.3 Å². The molecule has 43 heavy (non-hydrogen) atoms. The Labute approximate surface area is 256 Å². The second-order valence-corrected chi connectivity index (χ2v) is 12.6. The van der Waals surface area contributed by atoms with Crippen molar-refractivity contribution in [3.05, 3.63) is 77.1 Å². The molecule has 0 fully saturated rings. The van der Waals surface area contributed by atoms with E-state index in [0.717, 1.165) is 43.0 Å². The summed E-state index contributed by atoms with van der Waals surface area (Å²) in [7, 11) is 0. The van der Waals surface area contributed by atoms with Crippen molar-refractivity contribution in [2.24, 2.45) is 0 Å². The lowest BCUT2D eigenvalue weighted by atomic mass is 9.91. The third kappa shape index (κ3) is 5.81. The van der Waals surface area contributed by atoms with Crippen molar-refractivity contribution in [1.29, 1.82) is 0 Å². The summed E-state index contributed by atoms with van der Waals surface area (Å²) in [5.41, 5.74) is 5.16. The molecular weight excluding hydrogens is 588 g/mol. The van der Waals surface area contributed by atoms with Crippen molar-refractivity contribution >= 4 is 50.8 Å². The molecule has 3 aromatic heterocycles. The predicted molar refractivity (Wildman–Crippen MR) is 167 cm³/mol. The zero-order valence-corrected chi connectivity index (χ0v) is 25.3. The number of aryl methyl sites for hydroxylation is 1. The number of aliphatic carboxylic acids is 1. The van der Waals surface area contributed by atoms with Crippen LogP contribution in [0.15, 0.2) is 60.9 Å². The van der Waals surface area contributed by atoms with E-state index in [9.17, 15) is 14.7 Å². The Morgan fingerprint density at radius 1 is 1.09 bits per heavy atom. The van der Waals surface area contributed by atoms with Gasteiger partial charge in [0.2, 0.25) is 0 Å². The molecule has 0 bridgehead atoms. The van der Waals surface area contributed by atoms with Crippen molar-refractivity contribution in [3.8, 4) is 38.7 Å². The molecule has 2 aromatic carbocycles. The molecule has 0 saturated heterocycles. The zero-order chi connectivity index (χ0) is 30.5. The largest absolute Gasteiger partial charge is 0.480 e. The van der Waals surface area contributed by atoms with E-state index in [4.69, 9.17) is 26.1 Å². The van der Waals surface area contributed by atoms with Crippen LogP contribution in [0.4, 0.5) is 5.82 Å². The molecule has 5 aromatic rings. The first-order chi connectivity index (χ1) is 20.5. The zero-order valence-electron chi connectivity index (χ0n) is 23.8. The Hall–Kier alpha value is -4.38. The van der Waals surface area contributed by atoms with Crippen LogP contribution in [0.5, 0.6) is 5.75 Å². The Kier molecular flexibility index (Phi) is 7.37. The second kappa shape index (κ2) is 11.0. The minimum Gasteiger partial charge on any atom is -0.480 e. The second-order valence-electron chi connectivity index (χ2n) is 11.1. The van der Waals surface area contributed by atoms with E-state index in [1.807, 2.05) is 58.0 Å². The van der Waals surface area contributed by atoms with E-state index >= 15 is 0 Å². The van der Waals surface area contributed by atoms with Gasteiger partial charge in [-0.1, -0.05) is 23.7 Å². The number of nitrogens with zero attached hydrogens (tertiary/aromatic N) is 3. The maximum absolute atomic E-state index is 12.6. The molecule has 0 saturated carbocycles. The van der Waals surface area contributed by atoms with Gasteiger partial charge in [0.1, 0.15) is 5.01 Å². The van der Waals surface area contributed by atoms with Gasteiger partial charge in [-0.2, -0.15) is 0 Å². The maximum atomic E-state index is 12.6. The van der Waals surface area contributed by atoms with E-state index in [1.165, 1.54) is 11.3 Å². The van der Waals surface area contributed by atoms with Gasteiger partial charge in [-0.3, -0.25) is 9.78 Å². The summed E-state index contributed by atoms with van der Waals surface area (Å²) in [6, 6.07) is 14.8. The van der Waals surface area contributed by atoms with Crippen LogP contribution < -0.4 is 10.1 Å². The summed E-state index contributed by atoms with van der Waals surface area (Å²) < 4.78 is 12.5. The number of benzene rings is 2. The third-order valence-electron chi connectivity index (χ3n) is 6.79. The number of rotatable bonds is 6. The number of ether oxygens (including phenoxy) is 2. The molecule has 2 N–H and O–H groups in total. The van der Waals surface area contributed by atoms with Crippen molar-refractivity contribution < 1.29 is 24.2 Å². The highest BCUT2D eigenvalue weighted by Gasteiger charge is 2.32. The van der Waals surface area contributed by atoms with Gasteiger partial charge in [0.15, 0.2) is 24.3 Å². The monoisotopic (exact) mass is 614 g/mol. The Morgan fingerprint density at radius 3 is 2.58 bits per heavy atom. The van der Waals surface area contributed by atoms with Crippen LogP contribution in [0.25, 0.3) is 43.2 Å². The summed E-state index contributed by atoms with van der Waals surface area (Å²) in [6.07, 6.45) is 2.14. The molecule has 1 aliphatic heterocycles. The first-order valence-electron chi connectivity index (χ1n) is 13.5. The van der Waals surface area contributed by atoms with Crippen LogP contribution in [-0.4, -0.2) is 44.1 Å². The van der Waals surface area contributed by atoms with E-state index < -0.39 is 17.7 Å². The molecule has 1 atom stereocenters. The molecule has 218 valence electrons. The fourth-order valence-corrected chi connectivity index (χ4v) is 6.23. The Bertz CT molecular complexity index is 1900.